The average Bonchev–Trinajstić information content (AvgIpc) is 3.24. The number of hydrogen-bond acceptors (Lipinski definition) is 7. The molecule has 1 aromatic rings. The van der Waals surface area contributed by atoms with Gasteiger partial charge in [0, 0.05) is 44.3 Å². The van der Waals surface area contributed by atoms with Crippen LogP contribution in [0.5, 0.6) is 5.75 Å². The van der Waals surface area contributed by atoms with Gasteiger partial charge in [0.05, 0.1) is 11.5 Å². The first kappa shape index (κ1) is 23.9. The summed E-state index contributed by atoms with van der Waals surface area (Å²) in [5, 5.41) is 0. The molecule has 8 rings (SSSR count). The first-order valence-electron chi connectivity index (χ1n) is 14.1. The van der Waals surface area contributed by atoms with E-state index in [9.17, 15) is 8.42 Å². The van der Waals surface area contributed by atoms with Crippen molar-refractivity contribution in [3.8, 4) is 5.75 Å². The molecule has 7 nitrogen and oxygen atoms in total. The Morgan fingerprint density at radius 2 is 1.53 bits per heavy atom. The highest BCUT2D eigenvalue weighted by molar-refractivity contribution is 7.91. The quantitative estimate of drug-likeness (QED) is 0.540. The Labute approximate surface area is 214 Å². The fraction of sp³-hybridized carbons (Fsp3) is 0.786. The molecule has 0 amide bonds. The molecule has 0 aromatic heterocycles. The van der Waals surface area contributed by atoms with Crippen LogP contribution in [-0.4, -0.2) is 62.6 Å². The first-order chi connectivity index (χ1) is 17.4. The monoisotopic (exact) mass is 517 g/mol. The Hall–Kier alpha value is -1.19. The molecule has 2 heterocycles. The van der Waals surface area contributed by atoms with Crippen molar-refractivity contribution in [3.05, 3.63) is 29.8 Å². The van der Waals surface area contributed by atoms with E-state index in [2.05, 4.69) is 29.2 Å². The Morgan fingerprint density at radius 1 is 0.889 bits per heavy atom. The molecule has 5 saturated carbocycles. The number of ether oxygens (including phenoxy) is 2. The summed E-state index contributed by atoms with van der Waals surface area (Å²) in [4.78, 5) is 14.4. The predicted molar refractivity (Wildman–Crippen MR) is 134 cm³/mol. The van der Waals surface area contributed by atoms with E-state index < -0.39 is 21.4 Å². The lowest BCUT2D eigenvalue weighted by atomic mass is 9.53. The van der Waals surface area contributed by atoms with Gasteiger partial charge in [-0.25, -0.2) is 8.42 Å². The Kier molecular flexibility index (Phi) is 5.93. The van der Waals surface area contributed by atoms with Crippen LogP contribution in [0.4, 0.5) is 0 Å². The van der Waals surface area contributed by atoms with Crippen LogP contribution in [0.25, 0.3) is 0 Å². The van der Waals surface area contributed by atoms with Gasteiger partial charge in [-0.05, 0) is 80.4 Å². The van der Waals surface area contributed by atoms with Gasteiger partial charge in [-0.3, -0.25) is 4.90 Å². The second-order valence-electron chi connectivity index (χ2n) is 12.4. The van der Waals surface area contributed by atoms with Gasteiger partial charge in [-0.2, -0.15) is 9.78 Å². The molecular weight excluding hydrogens is 478 g/mol. The van der Waals surface area contributed by atoms with Gasteiger partial charge in [-0.1, -0.05) is 12.1 Å². The van der Waals surface area contributed by atoms with Gasteiger partial charge >= 0.3 is 0 Å². The van der Waals surface area contributed by atoms with E-state index in [-0.39, 0.29) is 11.5 Å². The van der Waals surface area contributed by atoms with E-state index in [4.69, 9.17) is 19.2 Å². The minimum Gasteiger partial charge on any atom is -0.492 e. The van der Waals surface area contributed by atoms with Crippen molar-refractivity contribution in [1.29, 1.82) is 0 Å². The summed E-state index contributed by atoms with van der Waals surface area (Å²) in [6.07, 6.45) is 10.3. The zero-order valence-electron chi connectivity index (χ0n) is 21.1. The molecule has 36 heavy (non-hydrogen) atoms. The molecule has 4 bridgehead atoms. The van der Waals surface area contributed by atoms with E-state index in [0.29, 0.717) is 37.5 Å². The van der Waals surface area contributed by atoms with Crippen LogP contribution in [0.1, 0.15) is 69.3 Å². The number of nitrogens with zero attached hydrogens (tertiary/aromatic N) is 1. The molecular formula is C28H39NO6S. The maximum absolute atomic E-state index is 11.6. The lowest BCUT2D eigenvalue weighted by Gasteiger charge is -2.57. The highest BCUT2D eigenvalue weighted by Crippen LogP contribution is 2.64. The van der Waals surface area contributed by atoms with Crippen LogP contribution in [-0.2, 0) is 24.3 Å². The Balaban J connectivity index is 0.907. The summed E-state index contributed by atoms with van der Waals surface area (Å²) in [5.41, 5.74) is 1.35. The van der Waals surface area contributed by atoms with Crippen molar-refractivity contribution in [2.24, 2.45) is 23.7 Å². The molecule has 1 aromatic carbocycles. The third-order valence-electron chi connectivity index (χ3n) is 10.2. The number of rotatable bonds is 5. The molecule has 5 aliphatic carbocycles. The van der Waals surface area contributed by atoms with Crippen LogP contribution in [0, 0.1) is 23.7 Å². The maximum atomic E-state index is 11.6. The van der Waals surface area contributed by atoms with E-state index in [1.165, 1.54) is 37.7 Å². The zero-order valence-corrected chi connectivity index (χ0v) is 21.9. The molecule has 2 aliphatic heterocycles. The molecule has 0 N–H and O–H groups in total. The van der Waals surface area contributed by atoms with Gasteiger partial charge in [0.1, 0.15) is 12.4 Å². The van der Waals surface area contributed by atoms with E-state index in [1.807, 2.05) is 0 Å². The summed E-state index contributed by atoms with van der Waals surface area (Å²) in [6.45, 7) is 2.55. The fourth-order valence-corrected chi connectivity index (χ4v) is 9.57. The summed E-state index contributed by atoms with van der Waals surface area (Å²) < 4.78 is 35.9. The molecule has 2 spiro atoms. The van der Waals surface area contributed by atoms with Gasteiger partial charge < -0.3 is 9.47 Å². The van der Waals surface area contributed by atoms with Crippen molar-refractivity contribution in [3.63, 3.8) is 0 Å². The van der Waals surface area contributed by atoms with Crippen LogP contribution in [0.2, 0.25) is 0 Å². The van der Waals surface area contributed by atoms with Crippen LogP contribution < -0.4 is 4.74 Å². The Bertz CT molecular complexity index is 1020. The minimum absolute atomic E-state index is 0.260. The predicted octanol–water partition coefficient (Wildman–Crippen LogP) is 4.28. The van der Waals surface area contributed by atoms with Crippen LogP contribution in [0.15, 0.2) is 24.3 Å². The molecule has 8 heteroatoms. The van der Waals surface area contributed by atoms with Crippen molar-refractivity contribution >= 4 is 9.84 Å². The summed E-state index contributed by atoms with van der Waals surface area (Å²) in [5.74, 6) is 3.66. The lowest BCUT2D eigenvalue weighted by molar-refractivity contribution is -0.390. The van der Waals surface area contributed by atoms with Gasteiger partial charge in [-0.15, -0.1) is 0 Å². The fourth-order valence-electron chi connectivity index (χ4n) is 8.29. The summed E-state index contributed by atoms with van der Waals surface area (Å²) >= 11 is 0. The summed E-state index contributed by atoms with van der Waals surface area (Å²) in [7, 11) is -2.83. The molecule has 0 atom stereocenters. The molecule has 0 unspecified atom stereocenters. The highest BCUT2D eigenvalue weighted by atomic mass is 32.2. The van der Waals surface area contributed by atoms with Crippen molar-refractivity contribution < 1.29 is 27.7 Å². The van der Waals surface area contributed by atoms with Gasteiger partial charge in [0.25, 0.3) is 0 Å². The normalized spacial score (nSPS) is 43.4. The zero-order chi connectivity index (χ0) is 24.4. The smallest absolute Gasteiger partial charge is 0.210 e. The number of sulfone groups is 1. The van der Waals surface area contributed by atoms with Crippen LogP contribution >= 0.6 is 0 Å². The molecule has 2 saturated heterocycles. The van der Waals surface area contributed by atoms with Gasteiger partial charge in [0.2, 0.25) is 11.6 Å². The molecule has 7 aliphatic rings. The van der Waals surface area contributed by atoms with E-state index in [0.717, 1.165) is 49.8 Å². The minimum atomic E-state index is -2.83. The maximum Gasteiger partial charge on any atom is 0.210 e. The third-order valence-corrected chi connectivity index (χ3v) is 11.8. The van der Waals surface area contributed by atoms with Gasteiger partial charge in [0.15, 0.2) is 9.84 Å². The van der Waals surface area contributed by atoms with Crippen molar-refractivity contribution in [2.45, 2.75) is 75.3 Å². The second kappa shape index (κ2) is 8.94. The molecule has 7 fully saturated rings. The third kappa shape index (κ3) is 4.31. The van der Waals surface area contributed by atoms with E-state index in [1.54, 1.807) is 0 Å². The van der Waals surface area contributed by atoms with E-state index >= 15 is 0 Å². The first-order valence-corrected chi connectivity index (χ1v) is 16.0. The lowest BCUT2D eigenvalue weighted by Crippen LogP contribution is -2.59. The van der Waals surface area contributed by atoms with Crippen molar-refractivity contribution in [2.75, 3.05) is 37.7 Å². The topological polar surface area (TPSA) is 74.3 Å². The SMILES string of the molecule is O=S1(=O)CCN(CCOc2ccc(C3CCC4(CC3)OOC3(O4)C4CC5CC(C4)CC3C5)cc2)CC1. The molecule has 0 radical (unpaired) electrons. The molecule has 198 valence electrons. The largest absolute Gasteiger partial charge is 0.492 e. The average molecular weight is 518 g/mol. The number of hydrogen-bond donors (Lipinski definition) is 0. The Morgan fingerprint density at radius 3 is 2.17 bits per heavy atom. The van der Waals surface area contributed by atoms with Crippen molar-refractivity contribution in [1.82, 2.24) is 4.90 Å². The van der Waals surface area contributed by atoms with Crippen LogP contribution in [0.3, 0.4) is 0 Å². The summed E-state index contributed by atoms with van der Waals surface area (Å²) in [6, 6.07) is 8.51. The highest BCUT2D eigenvalue weighted by Gasteiger charge is 2.66. The number of benzene rings is 1. The standard InChI is InChI=1S/C28H39NO6S/c30-36(31)13-10-29(11-14-36)9-12-32-26-3-1-22(2-4-26)23-5-7-27(8-6-23)33-28(35-34-27)24-16-20-15-21(18-24)19-25(28)17-20/h1-4,20-21,23-25H,5-19H2. The second-order valence-corrected chi connectivity index (χ2v) is 14.7.